The molecule has 0 aliphatic rings. The zero-order valence-electron chi connectivity index (χ0n) is 14.8. The van der Waals surface area contributed by atoms with Gasteiger partial charge in [0.2, 0.25) is 0 Å². The van der Waals surface area contributed by atoms with Gasteiger partial charge >= 0.3 is 0 Å². The lowest BCUT2D eigenvalue weighted by molar-refractivity contribution is 0.444. The van der Waals surface area contributed by atoms with E-state index in [1.165, 1.54) is 77.0 Å². The van der Waals surface area contributed by atoms with Gasteiger partial charge in [0.05, 0.1) is 0 Å². The van der Waals surface area contributed by atoms with Crippen molar-refractivity contribution < 1.29 is 5.11 Å². The van der Waals surface area contributed by atoms with Gasteiger partial charge in [-0.15, -0.1) is 0 Å². The van der Waals surface area contributed by atoms with Gasteiger partial charge in [0, 0.05) is 0 Å². The molecule has 0 saturated carbocycles. The molecule has 22 heavy (non-hydrogen) atoms. The molecule has 1 nitrogen and oxygen atoms in total. The second-order valence-electron chi connectivity index (χ2n) is 6.66. The number of benzene rings is 1. The van der Waals surface area contributed by atoms with Crippen LogP contribution in [0, 0.1) is 0 Å². The molecule has 0 amide bonds. The summed E-state index contributed by atoms with van der Waals surface area (Å²) in [7, 11) is 0. The third-order valence-electron chi connectivity index (χ3n) is 4.67. The van der Waals surface area contributed by atoms with E-state index in [-0.39, 0.29) is 0 Å². The van der Waals surface area contributed by atoms with E-state index in [0.717, 1.165) is 5.56 Å². The van der Waals surface area contributed by atoms with Crippen LogP contribution < -0.4 is 0 Å². The van der Waals surface area contributed by atoms with Gasteiger partial charge in [0.25, 0.3) is 0 Å². The average Bonchev–Trinajstić information content (AvgIpc) is 2.53. The molecule has 1 rings (SSSR count). The number of phenolic OH excluding ortho intramolecular Hbond substituents is 1. The van der Waals surface area contributed by atoms with Crippen molar-refractivity contribution in [2.75, 3.05) is 0 Å². The summed E-state index contributed by atoms with van der Waals surface area (Å²) >= 11 is 0. The number of phenols is 1. The van der Waals surface area contributed by atoms with Crippen LogP contribution in [-0.4, -0.2) is 5.11 Å². The topological polar surface area (TPSA) is 20.2 Å². The van der Waals surface area contributed by atoms with Crippen LogP contribution >= 0.6 is 0 Å². The largest absolute Gasteiger partial charge is 0.508 e. The van der Waals surface area contributed by atoms with E-state index in [1.807, 2.05) is 18.2 Å². The van der Waals surface area contributed by atoms with Crippen LogP contribution in [0.1, 0.15) is 102 Å². The molecular weight excluding hydrogens is 268 g/mol. The summed E-state index contributed by atoms with van der Waals surface area (Å²) in [6.07, 6.45) is 16.0. The fourth-order valence-electron chi connectivity index (χ4n) is 3.34. The van der Waals surface area contributed by atoms with Crippen molar-refractivity contribution in [2.24, 2.45) is 0 Å². The van der Waals surface area contributed by atoms with Crippen molar-refractivity contribution >= 4 is 0 Å². The monoisotopic (exact) mass is 304 g/mol. The Balaban J connectivity index is 2.19. The molecule has 1 N–H and O–H groups in total. The van der Waals surface area contributed by atoms with Gasteiger partial charge in [0.15, 0.2) is 0 Å². The number of hydrogen-bond donors (Lipinski definition) is 1. The van der Waals surface area contributed by atoms with Crippen LogP contribution in [-0.2, 0) is 0 Å². The summed E-state index contributed by atoms with van der Waals surface area (Å²) in [5.74, 6) is 1.02. The lowest BCUT2D eigenvalue weighted by atomic mass is 9.88. The van der Waals surface area contributed by atoms with Crippen molar-refractivity contribution in [1.82, 2.24) is 0 Å². The predicted octanol–water partition coefficient (Wildman–Crippen LogP) is 7.20. The van der Waals surface area contributed by atoms with Gasteiger partial charge in [-0.1, -0.05) is 96.3 Å². The minimum Gasteiger partial charge on any atom is -0.508 e. The molecule has 0 radical (unpaired) electrons. The van der Waals surface area contributed by atoms with Crippen LogP contribution in [0.4, 0.5) is 0 Å². The van der Waals surface area contributed by atoms with E-state index in [0.29, 0.717) is 11.7 Å². The smallest absolute Gasteiger partial charge is 0.119 e. The summed E-state index contributed by atoms with van der Waals surface area (Å²) < 4.78 is 0. The predicted molar refractivity (Wildman–Crippen MR) is 97.6 cm³/mol. The first-order chi connectivity index (χ1) is 10.8. The first kappa shape index (κ1) is 19.1. The fourth-order valence-corrected chi connectivity index (χ4v) is 3.34. The summed E-state index contributed by atoms with van der Waals surface area (Å²) in [6, 6.07) is 7.89. The van der Waals surface area contributed by atoms with E-state index in [2.05, 4.69) is 19.9 Å². The maximum absolute atomic E-state index is 10.1. The molecule has 0 bridgehead atoms. The van der Waals surface area contributed by atoms with Crippen molar-refractivity contribution in [3.63, 3.8) is 0 Å². The molecule has 0 aromatic heterocycles. The highest BCUT2D eigenvalue weighted by Crippen LogP contribution is 2.33. The van der Waals surface area contributed by atoms with Gasteiger partial charge in [-0.2, -0.15) is 0 Å². The Morgan fingerprint density at radius 1 is 0.727 bits per heavy atom. The third-order valence-corrected chi connectivity index (χ3v) is 4.67. The maximum atomic E-state index is 10.1. The molecule has 1 heteroatoms. The number of hydrogen-bond acceptors (Lipinski definition) is 1. The minimum atomic E-state index is 0.483. The molecule has 0 aliphatic heterocycles. The van der Waals surface area contributed by atoms with Crippen molar-refractivity contribution in [3.8, 4) is 5.75 Å². The van der Waals surface area contributed by atoms with E-state index < -0.39 is 0 Å². The molecule has 1 aromatic rings. The van der Waals surface area contributed by atoms with Gasteiger partial charge in [-0.3, -0.25) is 0 Å². The normalized spacial score (nSPS) is 12.5. The molecular formula is C21H36O. The lowest BCUT2D eigenvalue weighted by Gasteiger charge is -2.17. The number of rotatable bonds is 13. The Hall–Kier alpha value is -0.980. The first-order valence-corrected chi connectivity index (χ1v) is 9.57. The highest BCUT2D eigenvalue weighted by atomic mass is 16.3. The third kappa shape index (κ3) is 7.87. The average molecular weight is 305 g/mol. The molecule has 0 spiro atoms. The van der Waals surface area contributed by atoms with Crippen LogP contribution in [0.25, 0.3) is 0 Å². The molecule has 0 fully saturated rings. The van der Waals surface area contributed by atoms with Gasteiger partial charge in [0.1, 0.15) is 5.75 Å². The van der Waals surface area contributed by atoms with Crippen LogP contribution in [0.2, 0.25) is 0 Å². The van der Waals surface area contributed by atoms with Gasteiger partial charge < -0.3 is 5.11 Å². The Kier molecular flexibility index (Phi) is 10.9. The zero-order valence-corrected chi connectivity index (χ0v) is 14.8. The van der Waals surface area contributed by atoms with Gasteiger partial charge in [-0.25, -0.2) is 0 Å². The lowest BCUT2D eigenvalue weighted by Crippen LogP contribution is -1.99. The molecule has 1 atom stereocenters. The first-order valence-electron chi connectivity index (χ1n) is 9.57. The Morgan fingerprint density at radius 2 is 1.32 bits per heavy atom. The van der Waals surface area contributed by atoms with E-state index in [9.17, 15) is 5.11 Å². The number of para-hydroxylation sites is 1. The molecule has 0 saturated heterocycles. The van der Waals surface area contributed by atoms with Crippen molar-refractivity contribution in [1.29, 1.82) is 0 Å². The van der Waals surface area contributed by atoms with E-state index in [4.69, 9.17) is 0 Å². The summed E-state index contributed by atoms with van der Waals surface area (Å²) in [4.78, 5) is 0. The Bertz CT molecular complexity index is 372. The molecule has 0 aliphatic carbocycles. The Morgan fingerprint density at radius 3 is 1.91 bits per heavy atom. The zero-order chi connectivity index (χ0) is 16.0. The Labute approximate surface area is 138 Å². The standard InChI is InChI=1S/C21H36O/c1-3-5-6-7-8-9-10-11-12-16-19(15-4-2)20-17-13-14-18-21(20)22/h13-14,17-19,22H,3-12,15-16H2,1-2H3. The number of unbranched alkanes of at least 4 members (excludes halogenated alkanes) is 8. The second kappa shape index (κ2) is 12.6. The number of aromatic hydroxyl groups is 1. The highest BCUT2D eigenvalue weighted by molar-refractivity contribution is 5.34. The maximum Gasteiger partial charge on any atom is 0.119 e. The minimum absolute atomic E-state index is 0.483. The molecule has 0 heterocycles. The van der Waals surface area contributed by atoms with Crippen LogP contribution in [0.5, 0.6) is 5.75 Å². The summed E-state index contributed by atoms with van der Waals surface area (Å²) in [5, 5.41) is 10.1. The van der Waals surface area contributed by atoms with E-state index >= 15 is 0 Å². The molecule has 1 aromatic carbocycles. The molecule has 126 valence electrons. The van der Waals surface area contributed by atoms with Crippen LogP contribution in [0.15, 0.2) is 24.3 Å². The molecule has 1 unspecified atom stereocenters. The fraction of sp³-hybridized carbons (Fsp3) is 0.714. The quantitative estimate of drug-likeness (QED) is 0.382. The highest BCUT2D eigenvalue weighted by Gasteiger charge is 2.13. The second-order valence-corrected chi connectivity index (χ2v) is 6.66. The van der Waals surface area contributed by atoms with Gasteiger partial charge in [-0.05, 0) is 30.4 Å². The van der Waals surface area contributed by atoms with Crippen molar-refractivity contribution in [2.45, 2.75) is 96.8 Å². The summed E-state index contributed by atoms with van der Waals surface area (Å²) in [6.45, 7) is 4.51. The van der Waals surface area contributed by atoms with Crippen molar-refractivity contribution in [3.05, 3.63) is 29.8 Å². The van der Waals surface area contributed by atoms with E-state index in [1.54, 1.807) is 0 Å². The SMILES string of the molecule is CCCCCCCCCCCC(CCC)c1ccccc1O. The summed E-state index contributed by atoms with van der Waals surface area (Å²) in [5.41, 5.74) is 1.16. The van der Waals surface area contributed by atoms with Crippen LogP contribution in [0.3, 0.4) is 0 Å².